The number of rotatable bonds is 3. The van der Waals surface area contributed by atoms with Crippen LogP contribution in [0.1, 0.15) is 31.4 Å². The molecule has 2 aliphatic rings. The normalized spacial score (nSPS) is 22.5. The molecule has 3 heterocycles. The van der Waals surface area contributed by atoms with Crippen LogP contribution < -0.4 is 0 Å². The van der Waals surface area contributed by atoms with E-state index in [0.717, 1.165) is 57.6 Å². The molecule has 2 aliphatic heterocycles. The molecular weight excluding hydrogens is 322 g/mol. The van der Waals surface area contributed by atoms with Gasteiger partial charge in [-0.25, -0.2) is 4.79 Å². The van der Waals surface area contributed by atoms with E-state index in [0.29, 0.717) is 13.1 Å². The number of likely N-dealkylation sites (tertiary alicyclic amines) is 1. The van der Waals surface area contributed by atoms with Crippen molar-refractivity contribution in [3.8, 4) is 0 Å². The van der Waals surface area contributed by atoms with Crippen LogP contribution in [0.4, 0.5) is 4.79 Å². The Labute approximate surface area is 148 Å². The number of carbonyl (C=O) groups excluding carboxylic acids is 2. The zero-order valence-corrected chi connectivity index (χ0v) is 14.9. The Bertz CT molecular complexity index is 575. The van der Waals surface area contributed by atoms with Crippen LogP contribution >= 0.6 is 0 Å². The first kappa shape index (κ1) is 17.8. The third-order valence-electron chi connectivity index (χ3n) is 5.06. The number of carbonyl (C=O) groups is 2. The van der Waals surface area contributed by atoms with Gasteiger partial charge in [-0.3, -0.25) is 14.6 Å². The number of amides is 2. The number of nitrogens with zero attached hydrogens (tertiary/aromatic N) is 3. The lowest BCUT2D eigenvalue weighted by Gasteiger charge is -2.36. The van der Waals surface area contributed by atoms with Gasteiger partial charge in [-0.1, -0.05) is 0 Å². The first-order valence-electron chi connectivity index (χ1n) is 9.07. The predicted octanol–water partition coefficient (Wildman–Crippen LogP) is 1.93. The lowest BCUT2D eigenvalue weighted by molar-refractivity contribution is -0.137. The maximum Gasteiger partial charge on any atom is 0.410 e. The van der Waals surface area contributed by atoms with E-state index in [1.54, 1.807) is 11.2 Å². The first-order valence-corrected chi connectivity index (χ1v) is 9.07. The Morgan fingerprint density at radius 2 is 2.04 bits per heavy atom. The Morgan fingerprint density at radius 3 is 2.80 bits per heavy atom. The first-order chi connectivity index (χ1) is 12.2. The van der Waals surface area contributed by atoms with E-state index in [1.165, 1.54) is 7.11 Å². The Morgan fingerprint density at radius 1 is 1.16 bits per heavy atom. The second kappa shape index (κ2) is 8.38. The van der Waals surface area contributed by atoms with Gasteiger partial charge in [0.1, 0.15) is 11.8 Å². The van der Waals surface area contributed by atoms with E-state index >= 15 is 0 Å². The molecule has 0 aromatic carbocycles. The molecule has 138 valence electrons. The van der Waals surface area contributed by atoms with Gasteiger partial charge >= 0.3 is 6.09 Å². The van der Waals surface area contributed by atoms with Crippen LogP contribution in [-0.2, 0) is 16.1 Å². The van der Waals surface area contributed by atoms with Crippen LogP contribution in [0.3, 0.4) is 0 Å². The second-order valence-corrected chi connectivity index (χ2v) is 6.71. The number of methoxy groups -OCH3 is 1. The molecule has 0 saturated carbocycles. The van der Waals surface area contributed by atoms with Gasteiger partial charge in [0.05, 0.1) is 19.9 Å². The summed E-state index contributed by atoms with van der Waals surface area (Å²) in [7, 11) is 1.37. The summed E-state index contributed by atoms with van der Waals surface area (Å²) < 4.78 is 10.3. The molecule has 0 radical (unpaired) electrons. The molecule has 1 atom stereocenters. The summed E-state index contributed by atoms with van der Waals surface area (Å²) in [4.78, 5) is 30.8. The van der Waals surface area contributed by atoms with Crippen molar-refractivity contribution in [3.63, 3.8) is 0 Å². The fraction of sp³-hybridized carbons (Fsp3) is 0.667. The highest BCUT2D eigenvalue weighted by atomic mass is 16.5. The summed E-state index contributed by atoms with van der Waals surface area (Å²) in [6, 6.07) is 3.50. The van der Waals surface area contributed by atoms with E-state index in [1.807, 2.05) is 17.0 Å². The van der Waals surface area contributed by atoms with Crippen LogP contribution in [0.2, 0.25) is 0 Å². The molecule has 0 spiro atoms. The Hall–Kier alpha value is -2.02. The van der Waals surface area contributed by atoms with Gasteiger partial charge in [-0.15, -0.1) is 0 Å². The molecule has 7 nitrogen and oxygen atoms in total. The number of hydrogen-bond donors (Lipinski definition) is 0. The minimum Gasteiger partial charge on any atom is -0.468 e. The Kier molecular flexibility index (Phi) is 5.96. The maximum absolute atomic E-state index is 13.0. The van der Waals surface area contributed by atoms with Crippen LogP contribution in [0.15, 0.2) is 22.8 Å². The van der Waals surface area contributed by atoms with E-state index in [2.05, 4.69) is 4.90 Å². The van der Waals surface area contributed by atoms with Gasteiger partial charge in [-0.2, -0.15) is 0 Å². The van der Waals surface area contributed by atoms with Crippen LogP contribution in [0.25, 0.3) is 0 Å². The molecule has 0 bridgehead atoms. The van der Waals surface area contributed by atoms with Crippen molar-refractivity contribution in [1.29, 1.82) is 0 Å². The van der Waals surface area contributed by atoms with Crippen molar-refractivity contribution >= 4 is 12.0 Å². The highest BCUT2D eigenvalue weighted by molar-refractivity contribution is 5.86. The fourth-order valence-electron chi connectivity index (χ4n) is 3.71. The second-order valence-electron chi connectivity index (χ2n) is 6.71. The molecule has 1 aromatic rings. The highest BCUT2D eigenvalue weighted by Crippen LogP contribution is 2.21. The molecular formula is C18H27N3O4. The lowest BCUT2D eigenvalue weighted by atomic mass is 10.0. The summed E-state index contributed by atoms with van der Waals surface area (Å²) in [6.07, 6.45) is 4.84. The number of hydrogen-bond acceptors (Lipinski definition) is 5. The van der Waals surface area contributed by atoms with Gasteiger partial charge < -0.3 is 14.1 Å². The fourth-order valence-corrected chi connectivity index (χ4v) is 3.71. The van der Waals surface area contributed by atoms with Crippen molar-refractivity contribution in [2.75, 3.05) is 39.8 Å². The molecule has 3 rings (SSSR count). The topological polar surface area (TPSA) is 66.2 Å². The zero-order chi connectivity index (χ0) is 17.6. The van der Waals surface area contributed by atoms with Gasteiger partial charge in [0.25, 0.3) is 0 Å². The van der Waals surface area contributed by atoms with Gasteiger partial charge in [0.15, 0.2) is 0 Å². The summed E-state index contributed by atoms with van der Waals surface area (Å²) in [5, 5.41) is 0. The largest absolute Gasteiger partial charge is 0.468 e. The summed E-state index contributed by atoms with van der Waals surface area (Å²) >= 11 is 0. The smallest absolute Gasteiger partial charge is 0.410 e. The van der Waals surface area contributed by atoms with Gasteiger partial charge in [-0.05, 0) is 37.8 Å². The summed E-state index contributed by atoms with van der Waals surface area (Å²) in [6.45, 7) is 4.55. The van der Waals surface area contributed by atoms with Crippen LogP contribution in [0.5, 0.6) is 0 Å². The standard InChI is InChI=1S/C18H27N3O4/c1-24-18(23)21-10-3-2-7-16(21)17(22)20-9-5-8-19(11-12-20)14-15-6-4-13-25-15/h4,6,13,16H,2-3,5,7-12,14H2,1H3. The summed E-state index contributed by atoms with van der Waals surface area (Å²) in [5.41, 5.74) is 0. The number of piperidine rings is 1. The van der Waals surface area contributed by atoms with Crippen molar-refractivity contribution < 1.29 is 18.7 Å². The molecule has 2 amide bonds. The molecule has 7 heteroatoms. The number of furan rings is 1. The van der Waals surface area contributed by atoms with Crippen LogP contribution in [-0.4, -0.2) is 72.6 Å². The van der Waals surface area contributed by atoms with E-state index in [9.17, 15) is 9.59 Å². The third kappa shape index (κ3) is 4.34. The predicted molar refractivity (Wildman–Crippen MR) is 91.9 cm³/mol. The maximum atomic E-state index is 13.0. The van der Waals surface area contributed by atoms with Crippen molar-refractivity contribution in [2.45, 2.75) is 38.3 Å². The van der Waals surface area contributed by atoms with E-state index < -0.39 is 6.09 Å². The quantitative estimate of drug-likeness (QED) is 0.834. The minimum atomic E-state index is -0.396. The third-order valence-corrected chi connectivity index (χ3v) is 5.06. The van der Waals surface area contributed by atoms with Crippen molar-refractivity contribution in [2.24, 2.45) is 0 Å². The SMILES string of the molecule is COC(=O)N1CCCCC1C(=O)N1CCCN(Cc2ccco2)CC1. The van der Waals surface area contributed by atoms with Crippen molar-refractivity contribution in [1.82, 2.24) is 14.7 Å². The molecule has 25 heavy (non-hydrogen) atoms. The van der Waals surface area contributed by atoms with Crippen LogP contribution in [0, 0.1) is 0 Å². The molecule has 1 unspecified atom stereocenters. The monoisotopic (exact) mass is 349 g/mol. The minimum absolute atomic E-state index is 0.0601. The van der Waals surface area contributed by atoms with E-state index in [-0.39, 0.29) is 11.9 Å². The van der Waals surface area contributed by atoms with Crippen molar-refractivity contribution in [3.05, 3.63) is 24.2 Å². The van der Waals surface area contributed by atoms with Gasteiger partial charge in [0, 0.05) is 32.7 Å². The zero-order valence-electron chi connectivity index (χ0n) is 14.9. The Balaban J connectivity index is 1.59. The van der Waals surface area contributed by atoms with E-state index in [4.69, 9.17) is 9.15 Å². The molecule has 1 aromatic heterocycles. The lowest BCUT2D eigenvalue weighted by Crippen LogP contribution is -2.53. The summed E-state index contributed by atoms with van der Waals surface area (Å²) in [5.74, 6) is 1.01. The highest BCUT2D eigenvalue weighted by Gasteiger charge is 2.35. The molecule has 2 saturated heterocycles. The molecule has 0 N–H and O–H groups in total. The molecule has 2 fully saturated rings. The van der Waals surface area contributed by atoms with Gasteiger partial charge in [0.2, 0.25) is 5.91 Å². The number of ether oxygens (including phenoxy) is 1. The molecule has 0 aliphatic carbocycles. The average molecular weight is 349 g/mol. The average Bonchev–Trinajstić information content (AvgIpc) is 3.05.